The van der Waals surface area contributed by atoms with Crippen LogP contribution in [0.15, 0.2) is 0 Å². The summed E-state index contributed by atoms with van der Waals surface area (Å²) in [5.74, 6) is -0.292. The summed E-state index contributed by atoms with van der Waals surface area (Å²) in [6.45, 7) is 2.29. The zero-order valence-electron chi connectivity index (χ0n) is 6.45. The van der Waals surface area contributed by atoms with Crippen LogP contribution in [0, 0.1) is 0 Å². The van der Waals surface area contributed by atoms with Gasteiger partial charge in [0.1, 0.15) is 6.10 Å². The van der Waals surface area contributed by atoms with E-state index in [1.54, 1.807) is 6.92 Å². The largest absolute Gasteiger partial charge is 0.457 e. The molecule has 2 atom stereocenters. The molecule has 1 saturated heterocycles. The van der Waals surface area contributed by atoms with E-state index in [1.807, 2.05) is 0 Å². The van der Waals surface area contributed by atoms with Crippen molar-refractivity contribution in [3.8, 4) is 0 Å². The number of aliphatic hydroxyl groups is 1. The zero-order chi connectivity index (χ0) is 8.27. The lowest BCUT2D eigenvalue weighted by molar-refractivity contribution is -0.152. The Labute approximate surface area is 65.1 Å². The van der Waals surface area contributed by atoms with Gasteiger partial charge in [-0.3, -0.25) is 4.79 Å². The Morgan fingerprint density at radius 3 is 2.91 bits per heavy atom. The minimum absolute atomic E-state index is 0.266. The van der Waals surface area contributed by atoms with Gasteiger partial charge in [0.25, 0.3) is 0 Å². The van der Waals surface area contributed by atoms with Crippen LogP contribution in [0.2, 0.25) is 0 Å². The quantitative estimate of drug-likeness (QED) is 0.563. The van der Waals surface area contributed by atoms with E-state index in [2.05, 4.69) is 0 Å². The molecule has 0 aromatic heterocycles. The molecule has 11 heavy (non-hydrogen) atoms. The molecule has 4 heteroatoms. The van der Waals surface area contributed by atoms with E-state index in [-0.39, 0.29) is 12.6 Å². The summed E-state index contributed by atoms with van der Waals surface area (Å²) in [5.41, 5.74) is 0. The van der Waals surface area contributed by atoms with Crippen molar-refractivity contribution in [2.45, 2.75) is 25.6 Å². The van der Waals surface area contributed by atoms with E-state index in [0.717, 1.165) is 0 Å². The van der Waals surface area contributed by atoms with Gasteiger partial charge >= 0.3 is 5.97 Å². The van der Waals surface area contributed by atoms with Crippen LogP contribution < -0.4 is 0 Å². The number of esters is 1. The van der Waals surface area contributed by atoms with Gasteiger partial charge in [-0.05, 0) is 0 Å². The third-order valence-corrected chi connectivity index (χ3v) is 1.57. The fourth-order valence-corrected chi connectivity index (χ4v) is 0.888. The maximum Gasteiger partial charge on any atom is 0.305 e. The smallest absolute Gasteiger partial charge is 0.305 e. The SMILES string of the molecule is CCC(=O)O[C@@H]1COC[C@@H]1O. The Balaban J connectivity index is 2.30. The molecule has 1 rings (SSSR count). The first-order valence-corrected chi connectivity index (χ1v) is 3.69. The highest BCUT2D eigenvalue weighted by molar-refractivity contribution is 5.69. The van der Waals surface area contributed by atoms with Gasteiger partial charge in [-0.1, -0.05) is 6.92 Å². The molecule has 1 heterocycles. The molecule has 1 fully saturated rings. The second kappa shape index (κ2) is 3.69. The number of carbonyl (C=O) groups is 1. The highest BCUT2D eigenvalue weighted by atomic mass is 16.6. The van der Waals surface area contributed by atoms with E-state index < -0.39 is 12.2 Å². The first kappa shape index (κ1) is 8.49. The van der Waals surface area contributed by atoms with Crippen molar-refractivity contribution >= 4 is 5.97 Å². The van der Waals surface area contributed by atoms with Crippen LogP contribution in [0.5, 0.6) is 0 Å². The van der Waals surface area contributed by atoms with Gasteiger partial charge in [-0.25, -0.2) is 0 Å². The highest BCUT2D eigenvalue weighted by Gasteiger charge is 2.28. The number of hydrogen-bond donors (Lipinski definition) is 1. The molecule has 0 spiro atoms. The Hall–Kier alpha value is -0.610. The van der Waals surface area contributed by atoms with Crippen LogP contribution in [0.25, 0.3) is 0 Å². The van der Waals surface area contributed by atoms with E-state index >= 15 is 0 Å². The predicted octanol–water partition coefficient (Wildman–Crippen LogP) is -0.301. The van der Waals surface area contributed by atoms with Gasteiger partial charge in [0.2, 0.25) is 0 Å². The van der Waals surface area contributed by atoms with Crippen molar-refractivity contribution < 1.29 is 19.4 Å². The van der Waals surface area contributed by atoms with E-state index in [4.69, 9.17) is 14.6 Å². The summed E-state index contributed by atoms with van der Waals surface area (Å²) in [6.07, 6.45) is -0.767. The summed E-state index contributed by atoms with van der Waals surface area (Å²) >= 11 is 0. The number of carbonyl (C=O) groups excluding carboxylic acids is 1. The lowest BCUT2D eigenvalue weighted by atomic mass is 10.2. The molecule has 4 nitrogen and oxygen atoms in total. The van der Waals surface area contributed by atoms with Gasteiger partial charge in [-0.15, -0.1) is 0 Å². The average molecular weight is 160 g/mol. The lowest BCUT2D eigenvalue weighted by Gasteiger charge is -2.12. The first-order valence-electron chi connectivity index (χ1n) is 3.69. The summed E-state index contributed by atoms with van der Waals surface area (Å²) in [6, 6.07) is 0. The topological polar surface area (TPSA) is 55.8 Å². The maximum absolute atomic E-state index is 10.7. The second-order valence-electron chi connectivity index (χ2n) is 2.49. The van der Waals surface area contributed by atoms with Gasteiger partial charge in [0.05, 0.1) is 13.2 Å². The second-order valence-corrected chi connectivity index (χ2v) is 2.49. The molecular weight excluding hydrogens is 148 g/mol. The number of rotatable bonds is 2. The van der Waals surface area contributed by atoms with Gasteiger partial charge < -0.3 is 14.6 Å². The van der Waals surface area contributed by atoms with E-state index in [0.29, 0.717) is 13.0 Å². The number of hydrogen-bond acceptors (Lipinski definition) is 4. The highest BCUT2D eigenvalue weighted by Crippen LogP contribution is 2.09. The third kappa shape index (κ3) is 2.17. The predicted molar refractivity (Wildman–Crippen MR) is 37.0 cm³/mol. The number of ether oxygens (including phenoxy) is 2. The third-order valence-electron chi connectivity index (χ3n) is 1.57. The van der Waals surface area contributed by atoms with Crippen molar-refractivity contribution in [2.75, 3.05) is 13.2 Å². The first-order chi connectivity index (χ1) is 5.24. The van der Waals surface area contributed by atoms with Crippen LogP contribution >= 0.6 is 0 Å². The molecule has 1 N–H and O–H groups in total. The molecular formula is C7H12O4. The summed E-state index contributed by atoms with van der Waals surface area (Å²) < 4.78 is 9.75. The summed E-state index contributed by atoms with van der Waals surface area (Å²) in [4.78, 5) is 10.7. The normalized spacial score (nSPS) is 30.4. The monoisotopic (exact) mass is 160 g/mol. The van der Waals surface area contributed by atoms with E-state index in [1.165, 1.54) is 0 Å². The average Bonchev–Trinajstić information content (AvgIpc) is 2.37. The van der Waals surface area contributed by atoms with E-state index in [9.17, 15) is 4.79 Å². The molecule has 0 aliphatic carbocycles. The van der Waals surface area contributed by atoms with Crippen LogP contribution in [-0.2, 0) is 14.3 Å². The standard InChI is InChI=1S/C7H12O4/c1-2-7(9)11-6-4-10-3-5(6)8/h5-6,8H,2-4H2,1H3/t5-,6+/m0/s1. The Bertz CT molecular complexity index is 145. The van der Waals surface area contributed by atoms with Crippen molar-refractivity contribution in [3.05, 3.63) is 0 Å². The van der Waals surface area contributed by atoms with Crippen LogP contribution in [0.3, 0.4) is 0 Å². The van der Waals surface area contributed by atoms with Gasteiger partial charge in [0, 0.05) is 6.42 Å². The minimum Gasteiger partial charge on any atom is -0.457 e. The van der Waals surface area contributed by atoms with Crippen molar-refractivity contribution in [3.63, 3.8) is 0 Å². The van der Waals surface area contributed by atoms with Crippen molar-refractivity contribution in [1.82, 2.24) is 0 Å². The fourth-order valence-electron chi connectivity index (χ4n) is 0.888. The molecule has 0 radical (unpaired) electrons. The molecule has 0 aromatic carbocycles. The van der Waals surface area contributed by atoms with Crippen LogP contribution in [0.1, 0.15) is 13.3 Å². The number of aliphatic hydroxyl groups excluding tert-OH is 1. The molecule has 0 bridgehead atoms. The van der Waals surface area contributed by atoms with Crippen molar-refractivity contribution in [1.29, 1.82) is 0 Å². The fraction of sp³-hybridized carbons (Fsp3) is 0.857. The Morgan fingerprint density at radius 1 is 1.73 bits per heavy atom. The zero-order valence-corrected chi connectivity index (χ0v) is 6.45. The summed E-state index contributed by atoms with van der Waals surface area (Å²) in [7, 11) is 0. The molecule has 0 unspecified atom stereocenters. The van der Waals surface area contributed by atoms with Crippen molar-refractivity contribution in [2.24, 2.45) is 0 Å². The molecule has 1 aliphatic rings. The van der Waals surface area contributed by atoms with Gasteiger partial charge in [0.15, 0.2) is 6.10 Å². The van der Waals surface area contributed by atoms with Gasteiger partial charge in [-0.2, -0.15) is 0 Å². The Morgan fingerprint density at radius 2 is 2.45 bits per heavy atom. The molecule has 64 valence electrons. The molecule has 0 saturated carbocycles. The Kier molecular flexibility index (Phi) is 2.84. The maximum atomic E-state index is 10.7. The molecule has 0 amide bonds. The lowest BCUT2D eigenvalue weighted by Crippen LogP contribution is -2.29. The van der Waals surface area contributed by atoms with Crippen LogP contribution in [0.4, 0.5) is 0 Å². The van der Waals surface area contributed by atoms with Crippen LogP contribution in [-0.4, -0.2) is 36.5 Å². The molecule has 0 aromatic rings. The summed E-state index contributed by atoms with van der Waals surface area (Å²) in [5, 5.41) is 9.13. The minimum atomic E-state index is -0.648. The molecule has 1 aliphatic heterocycles.